The quantitative estimate of drug-likeness (QED) is 0.552. The lowest BCUT2D eigenvalue weighted by molar-refractivity contribution is 0.0534. The van der Waals surface area contributed by atoms with Crippen LogP contribution in [0.4, 0.5) is 4.79 Å². The molecule has 0 unspecified atom stereocenters. The first-order valence-electron chi connectivity index (χ1n) is 10.4. The summed E-state index contributed by atoms with van der Waals surface area (Å²) in [5.74, 6) is 5.18. The van der Waals surface area contributed by atoms with E-state index >= 15 is 0 Å². The third-order valence-electron chi connectivity index (χ3n) is 4.60. The summed E-state index contributed by atoms with van der Waals surface area (Å²) in [5, 5.41) is 12.9. The summed E-state index contributed by atoms with van der Waals surface area (Å²) in [6.07, 6.45) is -0.573. The number of ether oxygens (including phenoxy) is 2. The molecule has 7 nitrogen and oxygen atoms in total. The lowest BCUT2D eigenvalue weighted by atomic mass is 10.0. The molecule has 0 saturated heterocycles. The summed E-state index contributed by atoms with van der Waals surface area (Å²) < 4.78 is 11.2. The number of aromatic carboxylic acids is 1. The van der Waals surface area contributed by atoms with Crippen LogP contribution < -0.4 is 10.1 Å². The Labute approximate surface area is 192 Å². The van der Waals surface area contributed by atoms with Gasteiger partial charge in [0.25, 0.3) is 0 Å². The molecular formula is C26H26N2O5. The van der Waals surface area contributed by atoms with Gasteiger partial charge in [0, 0.05) is 10.9 Å². The first-order chi connectivity index (χ1) is 15.7. The van der Waals surface area contributed by atoms with E-state index in [4.69, 9.17) is 9.47 Å². The molecule has 2 aromatic carbocycles. The molecule has 1 aromatic heterocycles. The molecule has 0 bridgehead atoms. The van der Waals surface area contributed by atoms with E-state index in [0.29, 0.717) is 34.4 Å². The van der Waals surface area contributed by atoms with Gasteiger partial charge in [0.2, 0.25) is 0 Å². The van der Waals surface area contributed by atoms with Crippen molar-refractivity contribution in [1.29, 1.82) is 0 Å². The molecular weight excluding hydrogens is 420 g/mol. The summed E-state index contributed by atoms with van der Waals surface area (Å²) in [4.78, 5) is 28.0. The highest BCUT2D eigenvalue weighted by atomic mass is 16.6. The number of aromatic nitrogens is 1. The highest BCUT2D eigenvalue weighted by molar-refractivity contribution is 5.97. The largest absolute Gasteiger partial charge is 0.487 e. The molecule has 1 heterocycles. The number of amides is 1. The number of hydrogen-bond donors (Lipinski definition) is 2. The third-order valence-corrected chi connectivity index (χ3v) is 4.60. The number of hydrogen-bond acceptors (Lipinski definition) is 5. The minimum atomic E-state index is -1.15. The first-order valence-corrected chi connectivity index (χ1v) is 10.4. The van der Waals surface area contributed by atoms with E-state index in [2.05, 4.69) is 22.1 Å². The van der Waals surface area contributed by atoms with Gasteiger partial charge in [-0.1, -0.05) is 54.3 Å². The van der Waals surface area contributed by atoms with Crippen LogP contribution in [0.3, 0.4) is 0 Å². The summed E-state index contributed by atoms with van der Waals surface area (Å²) in [6, 6.07) is 15.0. The number of nitrogens with one attached hydrogen (secondary N) is 1. The number of nitrogens with zero attached hydrogens (tertiary/aromatic N) is 1. The molecule has 0 saturated carbocycles. The van der Waals surface area contributed by atoms with Crippen LogP contribution in [0.1, 0.15) is 48.0 Å². The van der Waals surface area contributed by atoms with Crippen LogP contribution in [0, 0.1) is 18.8 Å². The van der Waals surface area contributed by atoms with Crippen molar-refractivity contribution in [2.24, 2.45) is 0 Å². The number of carboxylic acid groups (broad SMARTS) is 1. The minimum Gasteiger partial charge on any atom is -0.487 e. The smallest absolute Gasteiger partial charge is 0.408 e. The monoisotopic (exact) mass is 446 g/mol. The second kappa shape index (κ2) is 10.0. The Hall–Kier alpha value is -4.05. The Kier molecular flexibility index (Phi) is 7.19. The molecule has 0 spiro atoms. The van der Waals surface area contributed by atoms with E-state index < -0.39 is 17.7 Å². The molecule has 170 valence electrons. The Morgan fingerprint density at radius 3 is 2.48 bits per heavy atom. The highest BCUT2D eigenvalue weighted by Gasteiger charge is 2.18. The van der Waals surface area contributed by atoms with E-state index in [-0.39, 0.29) is 12.2 Å². The van der Waals surface area contributed by atoms with E-state index in [1.807, 2.05) is 42.5 Å². The predicted molar refractivity (Wildman–Crippen MR) is 125 cm³/mol. The average Bonchev–Trinajstić information content (AvgIpc) is 2.75. The van der Waals surface area contributed by atoms with Gasteiger partial charge in [-0.3, -0.25) is 0 Å². The van der Waals surface area contributed by atoms with Crippen LogP contribution in [0.2, 0.25) is 0 Å². The maximum Gasteiger partial charge on any atom is 0.408 e. The van der Waals surface area contributed by atoms with Crippen molar-refractivity contribution in [3.05, 3.63) is 70.9 Å². The molecule has 0 aliphatic carbocycles. The zero-order valence-corrected chi connectivity index (χ0v) is 19.1. The number of para-hydroxylation sites is 1. The van der Waals surface area contributed by atoms with Gasteiger partial charge in [0.1, 0.15) is 23.5 Å². The fourth-order valence-electron chi connectivity index (χ4n) is 3.14. The summed E-state index contributed by atoms with van der Waals surface area (Å²) in [6.45, 7) is 7.35. The second-order valence-electron chi connectivity index (χ2n) is 8.35. The topological polar surface area (TPSA) is 97.8 Å². The summed E-state index contributed by atoms with van der Waals surface area (Å²) in [7, 11) is 0. The number of carboxylic acids is 1. The number of pyridine rings is 1. The maximum absolute atomic E-state index is 11.8. The van der Waals surface area contributed by atoms with Crippen molar-refractivity contribution in [3.8, 4) is 17.6 Å². The number of rotatable bonds is 5. The Morgan fingerprint density at radius 1 is 1.09 bits per heavy atom. The van der Waals surface area contributed by atoms with Gasteiger partial charge in [-0.15, -0.1) is 0 Å². The molecule has 0 aliphatic heterocycles. The van der Waals surface area contributed by atoms with Gasteiger partial charge in [0.05, 0.1) is 6.54 Å². The van der Waals surface area contributed by atoms with Crippen LogP contribution in [0.5, 0.6) is 5.75 Å². The molecule has 3 aromatic rings. The van der Waals surface area contributed by atoms with Crippen molar-refractivity contribution < 1.29 is 24.2 Å². The minimum absolute atomic E-state index is 0.0464. The van der Waals surface area contributed by atoms with Crippen LogP contribution >= 0.6 is 0 Å². The van der Waals surface area contributed by atoms with Gasteiger partial charge in [-0.25, -0.2) is 14.6 Å². The Balaban J connectivity index is 1.93. The van der Waals surface area contributed by atoms with Crippen LogP contribution in [0.15, 0.2) is 48.5 Å². The van der Waals surface area contributed by atoms with Crippen LogP contribution in [-0.2, 0) is 11.3 Å². The van der Waals surface area contributed by atoms with Crippen molar-refractivity contribution in [1.82, 2.24) is 10.3 Å². The molecule has 0 radical (unpaired) electrons. The van der Waals surface area contributed by atoms with Gasteiger partial charge < -0.3 is 19.9 Å². The zero-order chi connectivity index (χ0) is 24.0. The average molecular weight is 447 g/mol. The van der Waals surface area contributed by atoms with Crippen molar-refractivity contribution >= 4 is 23.0 Å². The van der Waals surface area contributed by atoms with Gasteiger partial charge in [-0.05, 0) is 44.9 Å². The highest BCUT2D eigenvalue weighted by Crippen LogP contribution is 2.30. The summed E-state index contributed by atoms with van der Waals surface area (Å²) >= 11 is 0. The van der Waals surface area contributed by atoms with E-state index in [9.17, 15) is 14.7 Å². The van der Waals surface area contributed by atoms with Crippen molar-refractivity contribution in [3.63, 3.8) is 0 Å². The zero-order valence-electron chi connectivity index (χ0n) is 19.1. The number of benzene rings is 2. The SMILES string of the molecule is Cc1c(C(=O)O)nc2c(OCc3ccccc3)cccc2c1C#CCNC(=O)OC(C)(C)C. The predicted octanol–water partition coefficient (Wildman–Crippen LogP) is 4.70. The molecule has 0 fully saturated rings. The van der Waals surface area contributed by atoms with E-state index in [1.54, 1.807) is 33.8 Å². The van der Waals surface area contributed by atoms with Gasteiger partial charge in [-0.2, -0.15) is 0 Å². The first kappa shape index (κ1) is 23.6. The van der Waals surface area contributed by atoms with Gasteiger partial charge >= 0.3 is 12.1 Å². The lowest BCUT2D eigenvalue weighted by Gasteiger charge is -2.19. The molecule has 1 amide bonds. The maximum atomic E-state index is 11.8. The third kappa shape index (κ3) is 6.23. The molecule has 0 aliphatic rings. The Bertz CT molecular complexity index is 1230. The van der Waals surface area contributed by atoms with Crippen LogP contribution in [-0.4, -0.2) is 34.3 Å². The fraction of sp³-hybridized carbons (Fsp3) is 0.269. The molecule has 0 atom stereocenters. The number of carbonyl (C=O) groups is 2. The Morgan fingerprint density at radius 2 is 1.82 bits per heavy atom. The number of fused-ring (bicyclic) bond motifs is 1. The number of alkyl carbamates (subject to hydrolysis) is 1. The van der Waals surface area contributed by atoms with E-state index in [0.717, 1.165) is 5.56 Å². The fourth-order valence-corrected chi connectivity index (χ4v) is 3.14. The lowest BCUT2D eigenvalue weighted by Crippen LogP contribution is -2.32. The molecule has 33 heavy (non-hydrogen) atoms. The second-order valence-corrected chi connectivity index (χ2v) is 8.35. The van der Waals surface area contributed by atoms with Gasteiger partial charge in [0.15, 0.2) is 5.69 Å². The van der Waals surface area contributed by atoms with E-state index in [1.165, 1.54) is 0 Å². The van der Waals surface area contributed by atoms with Crippen molar-refractivity contribution in [2.45, 2.75) is 39.9 Å². The van der Waals surface area contributed by atoms with Crippen LogP contribution in [0.25, 0.3) is 10.9 Å². The summed E-state index contributed by atoms with van der Waals surface area (Å²) in [5.41, 5.74) is 1.66. The number of carbonyl (C=O) groups excluding carboxylic acids is 1. The molecule has 7 heteroatoms. The normalized spacial score (nSPS) is 10.8. The van der Waals surface area contributed by atoms with Crippen molar-refractivity contribution in [2.75, 3.05) is 6.54 Å². The molecule has 2 N–H and O–H groups in total. The standard InChI is InChI=1S/C26H26N2O5/c1-17-19(13-9-15-27-25(31)33-26(2,3)4)20-12-8-14-21(23(20)28-22(17)24(29)30)32-16-18-10-6-5-7-11-18/h5-8,10-12,14H,15-16H2,1-4H3,(H,27,31)(H,29,30). The molecule has 3 rings (SSSR count).